The van der Waals surface area contributed by atoms with Gasteiger partial charge in [-0.15, -0.1) is 0 Å². The van der Waals surface area contributed by atoms with Crippen molar-refractivity contribution < 1.29 is 34.2 Å². The number of carboxylic acids is 1. The van der Waals surface area contributed by atoms with Crippen molar-refractivity contribution in [1.82, 2.24) is 21.3 Å². The van der Waals surface area contributed by atoms with Gasteiger partial charge in [0.15, 0.2) is 0 Å². The SMILES string of the molecule is CC(C)[C@H](NC(=O)[C@@H](NC(=O)[C@@H](N)CO)C(C)C)C(=O)NCC(=O)NCC(=O)O. The average Bonchev–Trinajstić information content (AvgIpc) is 2.64. The molecule has 0 aliphatic heterocycles. The van der Waals surface area contributed by atoms with Crippen molar-refractivity contribution in [3.63, 3.8) is 0 Å². The molecule has 0 fully saturated rings. The second kappa shape index (κ2) is 12.7. The molecule has 12 nitrogen and oxygen atoms in total. The van der Waals surface area contributed by atoms with Crippen LogP contribution in [0.15, 0.2) is 0 Å². The van der Waals surface area contributed by atoms with Crippen LogP contribution in [0.4, 0.5) is 0 Å². The van der Waals surface area contributed by atoms with Gasteiger partial charge in [0, 0.05) is 0 Å². The number of hydrogen-bond acceptors (Lipinski definition) is 7. The van der Waals surface area contributed by atoms with E-state index in [1.165, 1.54) is 0 Å². The maximum atomic E-state index is 12.6. The first kappa shape index (κ1) is 26.3. The molecule has 4 amide bonds. The summed E-state index contributed by atoms with van der Waals surface area (Å²) < 4.78 is 0. The van der Waals surface area contributed by atoms with Crippen molar-refractivity contribution in [3.8, 4) is 0 Å². The van der Waals surface area contributed by atoms with Crippen LogP contribution in [0, 0.1) is 11.8 Å². The van der Waals surface area contributed by atoms with E-state index in [2.05, 4.69) is 21.3 Å². The smallest absolute Gasteiger partial charge is 0.322 e. The first-order chi connectivity index (χ1) is 13.4. The molecule has 0 aromatic carbocycles. The van der Waals surface area contributed by atoms with Gasteiger partial charge in [-0.1, -0.05) is 27.7 Å². The minimum atomic E-state index is -1.22. The summed E-state index contributed by atoms with van der Waals surface area (Å²) in [6.45, 7) is 5.11. The fraction of sp³-hybridized carbons (Fsp3) is 0.706. The first-order valence-electron chi connectivity index (χ1n) is 9.14. The van der Waals surface area contributed by atoms with Crippen LogP contribution < -0.4 is 27.0 Å². The third-order valence-corrected chi connectivity index (χ3v) is 3.89. The maximum Gasteiger partial charge on any atom is 0.322 e. The van der Waals surface area contributed by atoms with Crippen LogP contribution in [0.2, 0.25) is 0 Å². The molecule has 0 aromatic heterocycles. The van der Waals surface area contributed by atoms with Crippen LogP contribution in [0.3, 0.4) is 0 Å². The van der Waals surface area contributed by atoms with Gasteiger partial charge < -0.3 is 37.2 Å². The lowest BCUT2D eigenvalue weighted by Crippen LogP contribution is -2.59. The molecule has 3 atom stereocenters. The Labute approximate surface area is 169 Å². The van der Waals surface area contributed by atoms with E-state index in [-0.39, 0.29) is 11.8 Å². The number of nitrogens with two attached hydrogens (primary N) is 1. The molecular formula is C17H31N5O7. The van der Waals surface area contributed by atoms with E-state index >= 15 is 0 Å². The summed E-state index contributed by atoms with van der Waals surface area (Å²) in [7, 11) is 0. The number of nitrogens with one attached hydrogen (secondary N) is 4. The van der Waals surface area contributed by atoms with Crippen molar-refractivity contribution in [2.24, 2.45) is 17.6 Å². The molecule has 12 heteroatoms. The summed E-state index contributed by atoms with van der Waals surface area (Å²) in [5.74, 6) is -4.56. The number of hydrogen-bond donors (Lipinski definition) is 7. The molecule has 166 valence electrons. The van der Waals surface area contributed by atoms with Crippen molar-refractivity contribution >= 4 is 29.6 Å². The predicted octanol–water partition coefficient (Wildman–Crippen LogP) is -3.10. The summed E-state index contributed by atoms with van der Waals surface area (Å²) in [5.41, 5.74) is 5.44. The van der Waals surface area contributed by atoms with Gasteiger partial charge in [-0.3, -0.25) is 24.0 Å². The fourth-order valence-corrected chi connectivity index (χ4v) is 2.17. The van der Waals surface area contributed by atoms with E-state index in [0.29, 0.717) is 0 Å². The summed E-state index contributed by atoms with van der Waals surface area (Å²) in [6.07, 6.45) is 0. The Hall–Kier alpha value is -2.73. The van der Waals surface area contributed by atoms with E-state index < -0.39 is 67.4 Å². The van der Waals surface area contributed by atoms with E-state index in [4.69, 9.17) is 15.9 Å². The van der Waals surface area contributed by atoms with Gasteiger partial charge in [0.1, 0.15) is 24.7 Å². The minimum Gasteiger partial charge on any atom is -0.480 e. The molecule has 0 saturated heterocycles. The molecular weight excluding hydrogens is 386 g/mol. The first-order valence-corrected chi connectivity index (χ1v) is 9.14. The third-order valence-electron chi connectivity index (χ3n) is 3.89. The maximum absolute atomic E-state index is 12.6. The molecule has 0 radical (unpaired) electrons. The van der Waals surface area contributed by atoms with Crippen LogP contribution in [0.5, 0.6) is 0 Å². The van der Waals surface area contributed by atoms with Crippen LogP contribution in [-0.4, -0.2) is 77.6 Å². The van der Waals surface area contributed by atoms with Gasteiger partial charge in [-0.25, -0.2) is 0 Å². The van der Waals surface area contributed by atoms with Crippen molar-refractivity contribution in [2.45, 2.75) is 45.8 Å². The highest BCUT2D eigenvalue weighted by Gasteiger charge is 2.31. The number of aliphatic hydroxyl groups is 1. The van der Waals surface area contributed by atoms with Crippen molar-refractivity contribution in [3.05, 3.63) is 0 Å². The quantitative estimate of drug-likeness (QED) is 0.173. The molecule has 8 N–H and O–H groups in total. The molecule has 0 bridgehead atoms. The summed E-state index contributed by atoms with van der Waals surface area (Å²) in [6, 6.07) is -3.18. The van der Waals surface area contributed by atoms with E-state index in [0.717, 1.165) is 0 Å². The topological polar surface area (TPSA) is 200 Å². The highest BCUT2D eigenvalue weighted by Crippen LogP contribution is 2.07. The predicted molar refractivity (Wildman–Crippen MR) is 102 cm³/mol. The molecule has 0 unspecified atom stereocenters. The number of carbonyl (C=O) groups is 5. The number of aliphatic carboxylic acids is 1. The number of carboxylic acid groups (broad SMARTS) is 1. The van der Waals surface area contributed by atoms with Gasteiger partial charge in [0.05, 0.1) is 13.2 Å². The van der Waals surface area contributed by atoms with Gasteiger partial charge >= 0.3 is 5.97 Å². The number of carbonyl (C=O) groups excluding carboxylic acids is 4. The highest BCUT2D eigenvalue weighted by atomic mass is 16.4. The fourth-order valence-electron chi connectivity index (χ4n) is 2.17. The van der Waals surface area contributed by atoms with Gasteiger partial charge in [-0.05, 0) is 11.8 Å². The second-order valence-electron chi connectivity index (χ2n) is 7.14. The van der Waals surface area contributed by atoms with Crippen LogP contribution >= 0.6 is 0 Å². The zero-order chi connectivity index (χ0) is 22.7. The minimum absolute atomic E-state index is 0.331. The van der Waals surface area contributed by atoms with Crippen LogP contribution in [-0.2, 0) is 24.0 Å². The summed E-state index contributed by atoms with van der Waals surface area (Å²) in [5, 5.41) is 26.9. The zero-order valence-electron chi connectivity index (χ0n) is 17.0. The van der Waals surface area contributed by atoms with Crippen LogP contribution in [0.1, 0.15) is 27.7 Å². The molecule has 0 aliphatic carbocycles. The Morgan fingerprint density at radius 1 is 0.793 bits per heavy atom. The lowest BCUT2D eigenvalue weighted by molar-refractivity contribution is -0.138. The number of rotatable bonds is 12. The Morgan fingerprint density at radius 3 is 1.72 bits per heavy atom. The van der Waals surface area contributed by atoms with E-state index in [9.17, 15) is 24.0 Å². The molecule has 0 aliphatic rings. The lowest BCUT2D eigenvalue weighted by atomic mass is 9.99. The summed E-state index contributed by atoms with van der Waals surface area (Å²) >= 11 is 0. The largest absolute Gasteiger partial charge is 0.480 e. The van der Waals surface area contributed by atoms with E-state index in [1.54, 1.807) is 27.7 Å². The molecule has 0 heterocycles. The van der Waals surface area contributed by atoms with Gasteiger partial charge in [0.25, 0.3) is 0 Å². The number of amides is 4. The normalized spacial score (nSPS) is 13.9. The monoisotopic (exact) mass is 417 g/mol. The number of aliphatic hydroxyl groups excluding tert-OH is 1. The molecule has 0 saturated carbocycles. The highest BCUT2D eigenvalue weighted by molar-refractivity contribution is 5.94. The Kier molecular flexibility index (Phi) is 11.5. The van der Waals surface area contributed by atoms with Crippen LogP contribution in [0.25, 0.3) is 0 Å². The van der Waals surface area contributed by atoms with Gasteiger partial charge in [0.2, 0.25) is 23.6 Å². The van der Waals surface area contributed by atoms with Crippen molar-refractivity contribution in [2.75, 3.05) is 19.7 Å². The zero-order valence-corrected chi connectivity index (χ0v) is 17.0. The molecule has 0 spiro atoms. The molecule has 29 heavy (non-hydrogen) atoms. The Balaban J connectivity index is 4.99. The van der Waals surface area contributed by atoms with Crippen molar-refractivity contribution in [1.29, 1.82) is 0 Å². The Bertz CT molecular complexity index is 609. The Morgan fingerprint density at radius 2 is 1.28 bits per heavy atom. The lowest BCUT2D eigenvalue weighted by Gasteiger charge is -2.27. The standard InChI is InChI=1S/C17H31N5O7/c1-8(2)13(16(28)20-5-11(24)19-6-12(25)26)22-17(29)14(9(3)4)21-15(27)10(18)7-23/h8-10,13-14,23H,5-7,18H2,1-4H3,(H,19,24)(H,20,28)(H,21,27)(H,22,29)(H,25,26)/t10-,13-,14-/m0/s1. The summed E-state index contributed by atoms with van der Waals surface area (Å²) in [4.78, 5) is 58.8. The molecule has 0 aromatic rings. The second-order valence-corrected chi connectivity index (χ2v) is 7.14. The van der Waals surface area contributed by atoms with Gasteiger partial charge in [-0.2, -0.15) is 0 Å². The van der Waals surface area contributed by atoms with E-state index in [1.807, 2.05) is 0 Å². The third kappa shape index (κ3) is 9.85. The molecule has 0 rings (SSSR count). The average molecular weight is 417 g/mol.